The number of nitrogens with zero attached hydrogens (tertiary/aromatic N) is 2. The van der Waals surface area contributed by atoms with Crippen molar-refractivity contribution in [1.82, 2.24) is 25.5 Å². The number of H-pyrrole nitrogens is 1. The molecule has 0 saturated carbocycles. The number of fused-ring (bicyclic) bond motifs is 1. The summed E-state index contributed by atoms with van der Waals surface area (Å²) in [5, 5.41) is 40.4. The summed E-state index contributed by atoms with van der Waals surface area (Å²) in [6.45, 7) is 5.17. The summed E-state index contributed by atoms with van der Waals surface area (Å²) in [6.07, 6.45) is -3.69. The molecule has 0 spiro atoms. The van der Waals surface area contributed by atoms with Gasteiger partial charge in [0.2, 0.25) is 0 Å². The molecule has 4 rings (SSSR count). The zero-order chi connectivity index (χ0) is 32.4. The first kappa shape index (κ1) is 33.4. The van der Waals surface area contributed by atoms with E-state index in [0.717, 1.165) is 22.2 Å². The third kappa shape index (κ3) is 9.77. The summed E-state index contributed by atoms with van der Waals surface area (Å²) in [5.41, 5.74) is 2.53. The van der Waals surface area contributed by atoms with E-state index in [1.165, 1.54) is 4.90 Å². The summed E-state index contributed by atoms with van der Waals surface area (Å²) >= 11 is 0. The van der Waals surface area contributed by atoms with Crippen LogP contribution in [-0.4, -0.2) is 80.2 Å². The number of para-hydroxylation sites is 2. The number of carboxylic acid groups (broad SMARTS) is 1. The van der Waals surface area contributed by atoms with E-state index >= 15 is 0 Å². The molecule has 0 aliphatic heterocycles. The third-order valence-corrected chi connectivity index (χ3v) is 7.53. The minimum Gasteiger partial charge on any atom is -0.530 e. The number of amides is 2. The van der Waals surface area contributed by atoms with Gasteiger partial charge in [0.1, 0.15) is 11.9 Å². The lowest BCUT2D eigenvalue weighted by Gasteiger charge is -2.45. The van der Waals surface area contributed by atoms with E-state index in [9.17, 15) is 24.9 Å². The summed E-state index contributed by atoms with van der Waals surface area (Å²) in [6, 6.07) is 24.7. The van der Waals surface area contributed by atoms with Crippen molar-refractivity contribution in [3.8, 4) is 0 Å². The molecule has 5 N–H and O–H groups in total. The van der Waals surface area contributed by atoms with E-state index in [4.69, 9.17) is 4.74 Å². The molecule has 1 heterocycles. The molecule has 240 valence electrons. The number of carbonyl (C=O) groups is 2. The number of carbonyl (C=O) groups excluding carboxylic acids is 2. The molecule has 0 aliphatic carbocycles. The number of aromatic nitrogens is 2. The number of nitrogens with one attached hydrogen (secondary N) is 3. The molecular formula is C34H42N5O6-. The predicted molar refractivity (Wildman–Crippen MR) is 169 cm³/mol. The fourth-order valence-electron chi connectivity index (χ4n) is 5.37. The van der Waals surface area contributed by atoms with E-state index in [1.54, 1.807) is 20.8 Å². The smallest absolute Gasteiger partial charge is 0.407 e. The number of hydrogen-bond donors (Lipinski definition) is 5. The van der Waals surface area contributed by atoms with Crippen LogP contribution < -0.4 is 15.7 Å². The van der Waals surface area contributed by atoms with Crippen molar-refractivity contribution >= 4 is 23.2 Å². The second-order valence-electron chi connectivity index (χ2n) is 12.1. The summed E-state index contributed by atoms with van der Waals surface area (Å²) in [7, 11) is 0. The molecule has 11 nitrogen and oxygen atoms in total. The highest BCUT2D eigenvalue weighted by atomic mass is 16.5. The van der Waals surface area contributed by atoms with Crippen molar-refractivity contribution in [2.45, 2.75) is 70.1 Å². The highest BCUT2D eigenvalue weighted by Crippen LogP contribution is 2.22. The standard InChI is InChI=1S/C34H43N5O6/c1-34(2,3)39(33(43)44)28(19-24-14-8-5-9-15-24)30(41)21-35-20-29(40)27(18-23-12-6-4-7-13-23)38-32(42)45-22-31-36-25-16-10-11-17-26(25)37-31/h4-17,27-30,35,40-41H,18-22H2,1-3H3,(H,36,37)(H,38,42)(H,43,44)/p-1/t27-,28-,29+,30+/m0/s1. The average Bonchev–Trinajstić information content (AvgIpc) is 3.43. The number of rotatable bonds is 14. The lowest BCUT2D eigenvalue weighted by Crippen LogP contribution is -2.62. The van der Waals surface area contributed by atoms with Gasteiger partial charge in [0.15, 0.2) is 6.61 Å². The van der Waals surface area contributed by atoms with Crippen molar-refractivity contribution in [3.05, 3.63) is 102 Å². The van der Waals surface area contributed by atoms with Crippen molar-refractivity contribution < 1.29 is 29.6 Å². The zero-order valence-corrected chi connectivity index (χ0v) is 25.8. The van der Waals surface area contributed by atoms with E-state index in [2.05, 4.69) is 20.6 Å². The fourth-order valence-corrected chi connectivity index (χ4v) is 5.37. The minimum atomic E-state index is -1.38. The number of ether oxygens (including phenoxy) is 1. The minimum absolute atomic E-state index is 0.0109. The molecule has 11 heteroatoms. The van der Waals surface area contributed by atoms with E-state index < -0.39 is 42.0 Å². The van der Waals surface area contributed by atoms with Crippen LogP contribution in [0.25, 0.3) is 11.0 Å². The Balaban J connectivity index is 1.39. The lowest BCUT2D eigenvalue weighted by atomic mass is 9.94. The fraction of sp³-hybridized carbons (Fsp3) is 0.382. The molecule has 4 aromatic rings. The van der Waals surface area contributed by atoms with Gasteiger partial charge in [-0.3, -0.25) is 0 Å². The van der Waals surface area contributed by atoms with Gasteiger partial charge in [-0.1, -0.05) is 72.8 Å². The number of imidazole rings is 1. The number of alkyl carbamates (subject to hydrolysis) is 1. The van der Waals surface area contributed by atoms with Gasteiger partial charge in [0.05, 0.1) is 35.3 Å². The van der Waals surface area contributed by atoms with Crippen molar-refractivity contribution in [3.63, 3.8) is 0 Å². The van der Waals surface area contributed by atoms with Crippen LogP contribution in [0.15, 0.2) is 84.9 Å². The van der Waals surface area contributed by atoms with Crippen LogP contribution in [0.1, 0.15) is 37.7 Å². The molecule has 0 bridgehead atoms. The Bertz CT molecular complexity index is 1470. The number of aromatic amines is 1. The summed E-state index contributed by atoms with van der Waals surface area (Å²) in [4.78, 5) is 33.7. The molecule has 0 saturated heterocycles. The van der Waals surface area contributed by atoms with Crippen LogP contribution in [0.5, 0.6) is 0 Å². The van der Waals surface area contributed by atoms with Gasteiger partial charge in [-0.2, -0.15) is 0 Å². The van der Waals surface area contributed by atoms with Gasteiger partial charge < -0.3 is 45.4 Å². The average molecular weight is 617 g/mol. The Morgan fingerprint density at radius 1 is 0.889 bits per heavy atom. The van der Waals surface area contributed by atoms with E-state index in [1.807, 2.05) is 84.9 Å². The van der Waals surface area contributed by atoms with Gasteiger partial charge in [-0.15, -0.1) is 0 Å². The van der Waals surface area contributed by atoms with Crippen LogP contribution in [0.3, 0.4) is 0 Å². The topological polar surface area (TPSA) is 163 Å². The van der Waals surface area contributed by atoms with E-state index in [-0.39, 0.29) is 26.1 Å². The Kier molecular flexibility index (Phi) is 11.5. The Hall–Kier alpha value is -4.45. The first-order valence-electron chi connectivity index (χ1n) is 15.0. The number of aliphatic hydroxyl groups is 2. The predicted octanol–water partition coefficient (Wildman–Crippen LogP) is 2.77. The molecule has 45 heavy (non-hydrogen) atoms. The molecule has 0 aliphatic rings. The number of aliphatic hydroxyl groups excluding tert-OH is 2. The molecule has 1 aromatic heterocycles. The van der Waals surface area contributed by atoms with Crippen LogP contribution in [0.4, 0.5) is 9.59 Å². The van der Waals surface area contributed by atoms with Gasteiger partial charge in [-0.05, 0) is 56.9 Å². The maximum atomic E-state index is 12.8. The molecule has 4 atom stereocenters. The molecule has 0 radical (unpaired) electrons. The highest BCUT2D eigenvalue weighted by Gasteiger charge is 2.34. The molecule has 0 unspecified atom stereocenters. The second kappa shape index (κ2) is 15.5. The normalized spacial score (nSPS) is 14.3. The number of benzene rings is 3. The van der Waals surface area contributed by atoms with Crippen molar-refractivity contribution in [2.24, 2.45) is 0 Å². The second-order valence-corrected chi connectivity index (χ2v) is 12.1. The summed E-state index contributed by atoms with van der Waals surface area (Å²) in [5.74, 6) is 0.494. The Labute approximate surface area is 263 Å². The van der Waals surface area contributed by atoms with Gasteiger partial charge in [0.25, 0.3) is 0 Å². The van der Waals surface area contributed by atoms with E-state index in [0.29, 0.717) is 12.2 Å². The van der Waals surface area contributed by atoms with Gasteiger partial charge >= 0.3 is 6.09 Å². The van der Waals surface area contributed by atoms with Crippen LogP contribution in [0.2, 0.25) is 0 Å². The molecule has 0 fully saturated rings. The first-order valence-corrected chi connectivity index (χ1v) is 15.0. The third-order valence-electron chi connectivity index (χ3n) is 7.53. The Morgan fingerprint density at radius 3 is 2.07 bits per heavy atom. The molecule has 2 amide bonds. The molecule has 3 aromatic carbocycles. The Morgan fingerprint density at radius 2 is 1.47 bits per heavy atom. The van der Waals surface area contributed by atoms with Crippen molar-refractivity contribution in [1.29, 1.82) is 0 Å². The lowest BCUT2D eigenvalue weighted by molar-refractivity contribution is -0.275. The quantitative estimate of drug-likeness (QED) is 0.144. The molecular weight excluding hydrogens is 574 g/mol. The zero-order valence-electron chi connectivity index (χ0n) is 25.8. The van der Waals surface area contributed by atoms with Crippen LogP contribution in [0, 0.1) is 0 Å². The van der Waals surface area contributed by atoms with Crippen LogP contribution in [-0.2, 0) is 24.2 Å². The van der Waals surface area contributed by atoms with Gasteiger partial charge in [0, 0.05) is 18.6 Å². The number of hydrogen-bond acceptors (Lipinski definition) is 8. The maximum Gasteiger partial charge on any atom is 0.407 e. The monoisotopic (exact) mass is 616 g/mol. The van der Waals surface area contributed by atoms with Crippen molar-refractivity contribution in [2.75, 3.05) is 13.1 Å². The SMILES string of the molecule is CC(C)(C)N(C(=O)[O-])[C@@H](Cc1ccccc1)[C@H](O)CNC[C@@H](O)[C@H](Cc1ccccc1)NC(=O)OCc1nc2ccccc2[nH]1. The largest absolute Gasteiger partial charge is 0.530 e. The van der Waals surface area contributed by atoms with Crippen LogP contribution >= 0.6 is 0 Å². The van der Waals surface area contributed by atoms with Gasteiger partial charge in [-0.25, -0.2) is 9.78 Å². The first-order chi connectivity index (χ1) is 21.5. The maximum absolute atomic E-state index is 12.8. The summed E-state index contributed by atoms with van der Waals surface area (Å²) < 4.78 is 5.40. The highest BCUT2D eigenvalue weighted by molar-refractivity contribution is 5.74.